The molecule has 0 atom stereocenters. The lowest BCUT2D eigenvalue weighted by Gasteiger charge is -2.32. The maximum Gasteiger partial charge on any atom is 0.255 e. The zero-order valence-corrected chi connectivity index (χ0v) is 12.7. The van der Waals surface area contributed by atoms with E-state index in [-0.39, 0.29) is 5.91 Å². The van der Waals surface area contributed by atoms with Crippen LogP contribution in [0.4, 0.5) is 5.69 Å². The van der Waals surface area contributed by atoms with Crippen LogP contribution in [0.15, 0.2) is 24.3 Å². The Morgan fingerprint density at radius 1 is 1.30 bits per heavy atom. The molecule has 2 rings (SSSR count). The van der Waals surface area contributed by atoms with Crippen molar-refractivity contribution in [2.45, 2.75) is 25.8 Å². The van der Waals surface area contributed by atoms with Gasteiger partial charge in [-0.25, -0.2) is 0 Å². The summed E-state index contributed by atoms with van der Waals surface area (Å²) >= 11 is 0. The van der Waals surface area contributed by atoms with Crippen LogP contribution in [0.5, 0.6) is 0 Å². The molecule has 0 aliphatic carbocycles. The molecule has 1 aromatic rings. The summed E-state index contributed by atoms with van der Waals surface area (Å²) in [5.41, 5.74) is 1.72. The molecular formula is C16H25N3O. The van der Waals surface area contributed by atoms with Crippen molar-refractivity contribution in [2.75, 3.05) is 39.0 Å². The molecule has 1 amide bonds. The van der Waals surface area contributed by atoms with E-state index in [0.717, 1.165) is 43.7 Å². The number of amides is 1. The highest BCUT2D eigenvalue weighted by Gasteiger charge is 2.20. The van der Waals surface area contributed by atoms with Crippen LogP contribution in [0.1, 0.15) is 30.1 Å². The molecule has 1 aromatic carbocycles. The Bertz CT molecular complexity index is 451. The number of carbonyl (C=O) groups excluding carboxylic acids is 1. The number of benzene rings is 1. The fourth-order valence-electron chi connectivity index (χ4n) is 2.65. The first kappa shape index (κ1) is 14.9. The monoisotopic (exact) mass is 275 g/mol. The first-order chi connectivity index (χ1) is 9.61. The number of anilines is 1. The van der Waals surface area contributed by atoms with Gasteiger partial charge in [-0.05, 0) is 31.5 Å². The molecule has 20 heavy (non-hydrogen) atoms. The van der Waals surface area contributed by atoms with Gasteiger partial charge in [0, 0.05) is 38.9 Å². The van der Waals surface area contributed by atoms with Crippen LogP contribution in [0.2, 0.25) is 0 Å². The Morgan fingerprint density at radius 3 is 2.55 bits per heavy atom. The first-order valence-corrected chi connectivity index (χ1v) is 7.41. The number of nitrogens with one attached hydrogen (secondary N) is 1. The van der Waals surface area contributed by atoms with Crippen molar-refractivity contribution in [1.82, 2.24) is 9.80 Å². The summed E-state index contributed by atoms with van der Waals surface area (Å²) in [6.07, 6.45) is 2.27. The van der Waals surface area contributed by atoms with E-state index >= 15 is 0 Å². The minimum atomic E-state index is 0.0547. The molecule has 1 aliphatic rings. The van der Waals surface area contributed by atoms with Gasteiger partial charge < -0.3 is 15.1 Å². The van der Waals surface area contributed by atoms with E-state index in [1.54, 1.807) is 19.0 Å². The van der Waals surface area contributed by atoms with E-state index in [4.69, 9.17) is 0 Å². The summed E-state index contributed by atoms with van der Waals surface area (Å²) in [5, 5.41) is 3.56. The Labute approximate surface area is 121 Å². The highest BCUT2D eigenvalue weighted by Crippen LogP contribution is 2.21. The molecule has 0 saturated carbocycles. The van der Waals surface area contributed by atoms with Crippen molar-refractivity contribution in [3.8, 4) is 0 Å². The fraction of sp³-hybridized carbons (Fsp3) is 0.562. The number of nitrogens with zero attached hydrogens (tertiary/aromatic N) is 2. The number of likely N-dealkylation sites (tertiary alicyclic amines) is 1. The van der Waals surface area contributed by atoms with Gasteiger partial charge in [0.1, 0.15) is 0 Å². The minimum absolute atomic E-state index is 0.0547. The highest BCUT2D eigenvalue weighted by molar-refractivity contribution is 5.99. The van der Waals surface area contributed by atoms with Crippen molar-refractivity contribution in [3.63, 3.8) is 0 Å². The first-order valence-electron chi connectivity index (χ1n) is 7.41. The molecule has 0 spiro atoms. The van der Waals surface area contributed by atoms with Gasteiger partial charge in [-0.2, -0.15) is 0 Å². The van der Waals surface area contributed by atoms with Crippen LogP contribution in [0.25, 0.3) is 0 Å². The van der Waals surface area contributed by atoms with Gasteiger partial charge in [0.25, 0.3) is 5.91 Å². The Morgan fingerprint density at radius 2 is 1.95 bits per heavy atom. The van der Waals surface area contributed by atoms with Crippen LogP contribution in [-0.4, -0.2) is 55.5 Å². The molecule has 110 valence electrons. The Hall–Kier alpha value is -1.55. The molecule has 1 aliphatic heterocycles. The predicted octanol–water partition coefficient (Wildman–Crippen LogP) is 2.28. The molecule has 0 radical (unpaired) electrons. The summed E-state index contributed by atoms with van der Waals surface area (Å²) in [7, 11) is 3.58. The Kier molecular flexibility index (Phi) is 5.01. The standard InChI is InChI=1S/C16H25N3O/c1-4-19-11-9-13(10-12-19)17-15-8-6-5-7-14(15)16(20)18(2)3/h5-8,13,17H,4,9-12H2,1-3H3. The van der Waals surface area contributed by atoms with E-state index in [0.29, 0.717) is 6.04 Å². The molecule has 1 saturated heterocycles. The largest absolute Gasteiger partial charge is 0.382 e. The lowest BCUT2D eigenvalue weighted by Crippen LogP contribution is -2.39. The van der Waals surface area contributed by atoms with Crippen LogP contribution >= 0.6 is 0 Å². The average molecular weight is 275 g/mol. The van der Waals surface area contributed by atoms with Crippen molar-refractivity contribution in [3.05, 3.63) is 29.8 Å². The molecule has 1 N–H and O–H groups in total. The third kappa shape index (κ3) is 3.51. The second kappa shape index (κ2) is 6.75. The lowest BCUT2D eigenvalue weighted by molar-refractivity contribution is 0.0828. The number of hydrogen-bond donors (Lipinski definition) is 1. The molecule has 0 aromatic heterocycles. The summed E-state index contributed by atoms with van der Waals surface area (Å²) in [4.78, 5) is 16.3. The van der Waals surface area contributed by atoms with Crippen molar-refractivity contribution >= 4 is 11.6 Å². The van der Waals surface area contributed by atoms with Crippen molar-refractivity contribution in [2.24, 2.45) is 0 Å². The molecular weight excluding hydrogens is 250 g/mol. The van der Waals surface area contributed by atoms with Gasteiger partial charge in [0.15, 0.2) is 0 Å². The van der Waals surface area contributed by atoms with E-state index in [1.807, 2.05) is 24.3 Å². The van der Waals surface area contributed by atoms with Gasteiger partial charge in [-0.3, -0.25) is 4.79 Å². The molecule has 1 heterocycles. The van der Waals surface area contributed by atoms with Gasteiger partial charge in [-0.15, -0.1) is 0 Å². The average Bonchev–Trinajstić information content (AvgIpc) is 2.48. The summed E-state index contributed by atoms with van der Waals surface area (Å²) in [5.74, 6) is 0.0547. The maximum atomic E-state index is 12.2. The van der Waals surface area contributed by atoms with Crippen LogP contribution in [-0.2, 0) is 0 Å². The summed E-state index contributed by atoms with van der Waals surface area (Å²) in [6.45, 7) is 5.61. The normalized spacial score (nSPS) is 16.9. The third-order valence-corrected chi connectivity index (χ3v) is 3.96. The number of hydrogen-bond acceptors (Lipinski definition) is 3. The zero-order chi connectivity index (χ0) is 14.5. The van der Waals surface area contributed by atoms with E-state index in [1.165, 1.54) is 0 Å². The Balaban J connectivity index is 2.05. The summed E-state index contributed by atoms with van der Waals surface area (Å²) < 4.78 is 0. The predicted molar refractivity (Wildman–Crippen MR) is 83.2 cm³/mol. The van der Waals surface area contributed by atoms with Gasteiger partial charge in [-0.1, -0.05) is 19.1 Å². The maximum absolute atomic E-state index is 12.2. The minimum Gasteiger partial charge on any atom is -0.382 e. The second-order valence-corrected chi connectivity index (χ2v) is 5.60. The number of carbonyl (C=O) groups is 1. The second-order valence-electron chi connectivity index (χ2n) is 5.60. The van der Waals surface area contributed by atoms with E-state index in [2.05, 4.69) is 17.1 Å². The third-order valence-electron chi connectivity index (χ3n) is 3.96. The SMILES string of the molecule is CCN1CCC(Nc2ccccc2C(=O)N(C)C)CC1. The van der Waals surface area contributed by atoms with Crippen molar-refractivity contribution in [1.29, 1.82) is 0 Å². The molecule has 0 bridgehead atoms. The van der Waals surface area contributed by atoms with Crippen LogP contribution in [0, 0.1) is 0 Å². The number of piperidine rings is 1. The molecule has 0 unspecified atom stereocenters. The van der Waals surface area contributed by atoms with Gasteiger partial charge >= 0.3 is 0 Å². The van der Waals surface area contributed by atoms with E-state index in [9.17, 15) is 4.79 Å². The smallest absolute Gasteiger partial charge is 0.255 e. The summed E-state index contributed by atoms with van der Waals surface area (Å²) in [6, 6.07) is 8.26. The zero-order valence-electron chi connectivity index (χ0n) is 12.7. The number of para-hydroxylation sites is 1. The fourth-order valence-corrected chi connectivity index (χ4v) is 2.65. The van der Waals surface area contributed by atoms with Gasteiger partial charge in [0.05, 0.1) is 5.56 Å². The van der Waals surface area contributed by atoms with E-state index < -0.39 is 0 Å². The van der Waals surface area contributed by atoms with Crippen LogP contribution in [0.3, 0.4) is 0 Å². The lowest BCUT2D eigenvalue weighted by atomic mass is 10.0. The molecule has 4 heteroatoms. The molecule has 1 fully saturated rings. The van der Waals surface area contributed by atoms with Crippen LogP contribution < -0.4 is 5.32 Å². The number of rotatable bonds is 4. The van der Waals surface area contributed by atoms with Crippen molar-refractivity contribution < 1.29 is 4.79 Å². The van der Waals surface area contributed by atoms with Gasteiger partial charge in [0.2, 0.25) is 0 Å². The quantitative estimate of drug-likeness (QED) is 0.915. The molecule has 4 nitrogen and oxygen atoms in total. The topological polar surface area (TPSA) is 35.6 Å². The highest BCUT2D eigenvalue weighted by atomic mass is 16.2.